The maximum atomic E-state index is 11.1. The minimum atomic E-state index is -0.728. The molecule has 0 saturated heterocycles. The van der Waals surface area contributed by atoms with E-state index in [9.17, 15) is 9.90 Å². The molecular formula is C9H19NO2S. The van der Waals surface area contributed by atoms with E-state index in [1.165, 1.54) is 11.8 Å². The lowest BCUT2D eigenvalue weighted by Gasteiger charge is -2.25. The van der Waals surface area contributed by atoms with E-state index in [4.69, 9.17) is 0 Å². The van der Waals surface area contributed by atoms with Gasteiger partial charge in [0.05, 0.1) is 11.4 Å². The molecule has 13 heavy (non-hydrogen) atoms. The molecule has 0 aromatic carbocycles. The second kappa shape index (κ2) is 6.27. The van der Waals surface area contributed by atoms with Crippen LogP contribution in [0.15, 0.2) is 0 Å². The molecule has 0 aliphatic rings. The van der Waals surface area contributed by atoms with Crippen molar-refractivity contribution in [1.82, 2.24) is 5.32 Å². The third-order valence-electron chi connectivity index (χ3n) is 2.21. The number of carbonyl (C=O) groups excluding carboxylic acids is 1. The second-order valence-electron chi connectivity index (χ2n) is 3.14. The Kier molecular flexibility index (Phi) is 6.16. The maximum absolute atomic E-state index is 11.1. The van der Waals surface area contributed by atoms with Gasteiger partial charge in [-0.2, -0.15) is 11.8 Å². The molecule has 0 aliphatic carbocycles. The minimum Gasteiger partial charge on any atom is -0.388 e. The van der Waals surface area contributed by atoms with Crippen LogP contribution < -0.4 is 5.32 Å². The SMILES string of the molecule is CCC(O)(CC)CNC(=O)CSC. The average molecular weight is 205 g/mol. The van der Waals surface area contributed by atoms with E-state index in [1.54, 1.807) is 0 Å². The van der Waals surface area contributed by atoms with Gasteiger partial charge >= 0.3 is 0 Å². The molecule has 0 unspecified atom stereocenters. The summed E-state index contributed by atoms with van der Waals surface area (Å²) in [5.74, 6) is 0.455. The molecule has 3 nitrogen and oxygen atoms in total. The Labute approximate surface area is 84.3 Å². The topological polar surface area (TPSA) is 49.3 Å². The fraction of sp³-hybridized carbons (Fsp3) is 0.889. The first-order valence-corrected chi connectivity index (χ1v) is 5.95. The fourth-order valence-corrected chi connectivity index (χ4v) is 1.31. The molecule has 0 saturated carbocycles. The number of aliphatic hydroxyl groups is 1. The molecule has 0 rings (SSSR count). The summed E-state index contributed by atoms with van der Waals surface area (Å²) in [7, 11) is 0. The van der Waals surface area contributed by atoms with Gasteiger partial charge in [0.1, 0.15) is 0 Å². The number of carbonyl (C=O) groups is 1. The van der Waals surface area contributed by atoms with Crippen LogP contribution in [0.25, 0.3) is 0 Å². The lowest BCUT2D eigenvalue weighted by Crippen LogP contribution is -2.42. The number of hydrogen-bond donors (Lipinski definition) is 2. The summed E-state index contributed by atoms with van der Waals surface area (Å²) in [6.45, 7) is 4.20. The Morgan fingerprint density at radius 2 is 2.00 bits per heavy atom. The molecule has 78 valence electrons. The van der Waals surface area contributed by atoms with Crippen molar-refractivity contribution in [3.63, 3.8) is 0 Å². The van der Waals surface area contributed by atoms with Gasteiger partial charge in [0.2, 0.25) is 5.91 Å². The second-order valence-corrected chi connectivity index (χ2v) is 4.01. The van der Waals surface area contributed by atoms with Crippen LogP contribution in [0.1, 0.15) is 26.7 Å². The lowest BCUT2D eigenvalue weighted by atomic mass is 9.98. The molecule has 1 amide bonds. The van der Waals surface area contributed by atoms with Crippen molar-refractivity contribution >= 4 is 17.7 Å². The smallest absolute Gasteiger partial charge is 0.230 e. The first-order chi connectivity index (χ1) is 6.08. The first-order valence-electron chi connectivity index (χ1n) is 4.56. The van der Waals surface area contributed by atoms with Crippen LogP contribution in [0.2, 0.25) is 0 Å². The van der Waals surface area contributed by atoms with E-state index in [0.29, 0.717) is 25.1 Å². The number of thioether (sulfide) groups is 1. The highest BCUT2D eigenvalue weighted by molar-refractivity contribution is 7.99. The van der Waals surface area contributed by atoms with Gasteiger partial charge in [-0.1, -0.05) is 13.8 Å². The Hall–Kier alpha value is -0.220. The summed E-state index contributed by atoms with van der Waals surface area (Å²) in [6, 6.07) is 0. The number of hydrogen-bond acceptors (Lipinski definition) is 3. The third kappa shape index (κ3) is 5.16. The van der Waals surface area contributed by atoms with E-state index in [-0.39, 0.29) is 5.91 Å². The van der Waals surface area contributed by atoms with Crippen LogP contribution in [0, 0.1) is 0 Å². The van der Waals surface area contributed by atoms with Gasteiger partial charge in [-0.3, -0.25) is 4.79 Å². The Morgan fingerprint density at radius 3 is 2.38 bits per heavy atom. The predicted molar refractivity (Wildman–Crippen MR) is 56.9 cm³/mol. The highest BCUT2D eigenvalue weighted by Gasteiger charge is 2.22. The summed E-state index contributed by atoms with van der Waals surface area (Å²) < 4.78 is 0. The van der Waals surface area contributed by atoms with Crippen molar-refractivity contribution in [2.45, 2.75) is 32.3 Å². The Balaban J connectivity index is 3.78. The van der Waals surface area contributed by atoms with E-state index in [1.807, 2.05) is 20.1 Å². The zero-order valence-corrected chi connectivity index (χ0v) is 9.41. The Morgan fingerprint density at radius 1 is 1.46 bits per heavy atom. The summed E-state index contributed by atoms with van der Waals surface area (Å²) in [5.41, 5.74) is -0.728. The van der Waals surface area contributed by atoms with Gasteiger partial charge in [0.15, 0.2) is 0 Å². The predicted octanol–water partition coefficient (Wildman–Crippen LogP) is 1.02. The van der Waals surface area contributed by atoms with Gasteiger partial charge < -0.3 is 10.4 Å². The van der Waals surface area contributed by atoms with Gasteiger partial charge in [-0.15, -0.1) is 0 Å². The molecule has 0 aromatic heterocycles. The molecule has 2 N–H and O–H groups in total. The molecule has 4 heteroatoms. The number of nitrogens with one attached hydrogen (secondary N) is 1. The lowest BCUT2D eigenvalue weighted by molar-refractivity contribution is -0.119. The van der Waals surface area contributed by atoms with Gasteiger partial charge in [-0.25, -0.2) is 0 Å². The fourth-order valence-electron chi connectivity index (χ4n) is 0.945. The van der Waals surface area contributed by atoms with Gasteiger partial charge in [0, 0.05) is 6.54 Å². The Bertz CT molecular complexity index is 158. The van der Waals surface area contributed by atoms with Crippen LogP contribution >= 0.6 is 11.8 Å². The molecule has 0 aliphatic heterocycles. The van der Waals surface area contributed by atoms with E-state index in [0.717, 1.165) is 0 Å². The highest BCUT2D eigenvalue weighted by Crippen LogP contribution is 2.12. The van der Waals surface area contributed by atoms with Crippen molar-refractivity contribution in [3.05, 3.63) is 0 Å². The number of rotatable bonds is 6. The van der Waals surface area contributed by atoms with E-state index in [2.05, 4.69) is 5.32 Å². The molecule has 0 aromatic rings. The minimum absolute atomic E-state index is 0.00664. The quantitative estimate of drug-likeness (QED) is 0.680. The van der Waals surface area contributed by atoms with Crippen molar-refractivity contribution in [2.24, 2.45) is 0 Å². The molecular weight excluding hydrogens is 186 g/mol. The standard InChI is InChI=1S/C9H19NO2S/c1-4-9(12,5-2)7-10-8(11)6-13-3/h12H,4-7H2,1-3H3,(H,10,11). The summed E-state index contributed by atoms with van der Waals surface area (Å²) in [4.78, 5) is 11.1. The van der Waals surface area contributed by atoms with Gasteiger partial charge in [0.25, 0.3) is 0 Å². The van der Waals surface area contributed by atoms with Crippen LogP contribution in [0.3, 0.4) is 0 Å². The zero-order chi connectivity index (χ0) is 10.3. The van der Waals surface area contributed by atoms with Crippen LogP contribution in [-0.4, -0.2) is 35.2 Å². The summed E-state index contributed by atoms with van der Waals surface area (Å²) in [6.07, 6.45) is 3.22. The average Bonchev–Trinajstić information content (AvgIpc) is 2.15. The zero-order valence-electron chi connectivity index (χ0n) is 8.59. The van der Waals surface area contributed by atoms with Crippen molar-refractivity contribution < 1.29 is 9.90 Å². The normalized spacial score (nSPS) is 11.4. The van der Waals surface area contributed by atoms with Crippen molar-refractivity contribution in [1.29, 1.82) is 0 Å². The molecule has 0 heterocycles. The van der Waals surface area contributed by atoms with Crippen LogP contribution in [0.5, 0.6) is 0 Å². The largest absolute Gasteiger partial charge is 0.388 e. The van der Waals surface area contributed by atoms with Crippen LogP contribution in [-0.2, 0) is 4.79 Å². The molecule has 0 bridgehead atoms. The molecule has 0 fully saturated rings. The molecule has 0 radical (unpaired) electrons. The molecule has 0 spiro atoms. The summed E-state index contributed by atoms with van der Waals surface area (Å²) >= 11 is 1.48. The highest BCUT2D eigenvalue weighted by atomic mass is 32.2. The van der Waals surface area contributed by atoms with Crippen LogP contribution in [0.4, 0.5) is 0 Å². The van der Waals surface area contributed by atoms with Gasteiger partial charge in [-0.05, 0) is 19.1 Å². The monoisotopic (exact) mass is 205 g/mol. The third-order valence-corrected chi connectivity index (χ3v) is 2.76. The maximum Gasteiger partial charge on any atom is 0.230 e. The first kappa shape index (κ1) is 12.8. The summed E-state index contributed by atoms with van der Waals surface area (Å²) in [5, 5.41) is 12.5. The van der Waals surface area contributed by atoms with Crippen molar-refractivity contribution in [3.8, 4) is 0 Å². The molecule has 0 atom stereocenters. The van der Waals surface area contributed by atoms with Crippen molar-refractivity contribution in [2.75, 3.05) is 18.6 Å². The number of amides is 1. The van der Waals surface area contributed by atoms with E-state index >= 15 is 0 Å². The van der Waals surface area contributed by atoms with E-state index < -0.39 is 5.60 Å².